The Bertz CT molecular complexity index is 732. The molecule has 1 aliphatic rings. The number of nitrogens with zero attached hydrogens (tertiary/aromatic N) is 1. The fraction of sp³-hybridized carbons (Fsp3) is 0.278. The first-order valence-electron chi connectivity index (χ1n) is 7.64. The van der Waals surface area contributed by atoms with Crippen LogP contribution in [-0.2, 0) is 6.54 Å². The molecule has 0 spiro atoms. The average molecular weight is 335 g/mol. The Labute approximate surface area is 137 Å². The molecule has 1 saturated carbocycles. The van der Waals surface area contributed by atoms with Gasteiger partial charge in [0, 0.05) is 18.2 Å². The van der Waals surface area contributed by atoms with Crippen molar-refractivity contribution in [3.05, 3.63) is 65.5 Å². The topological polar surface area (TPSA) is 29.5 Å². The molecule has 3 nitrogen and oxygen atoms in total. The van der Waals surface area contributed by atoms with Gasteiger partial charge in [-0.2, -0.15) is 8.78 Å². The maximum atomic E-state index is 13.9. The summed E-state index contributed by atoms with van der Waals surface area (Å²) in [5.74, 6) is -0.998. The molecule has 0 unspecified atom stereocenters. The second-order valence-corrected chi connectivity index (χ2v) is 5.63. The summed E-state index contributed by atoms with van der Waals surface area (Å²) in [7, 11) is 0. The van der Waals surface area contributed by atoms with Crippen molar-refractivity contribution < 1.29 is 22.7 Å². The van der Waals surface area contributed by atoms with Gasteiger partial charge in [0.25, 0.3) is 5.91 Å². The van der Waals surface area contributed by atoms with E-state index in [4.69, 9.17) is 0 Å². The summed E-state index contributed by atoms with van der Waals surface area (Å²) in [5, 5.41) is 0. The van der Waals surface area contributed by atoms with Crippen molar-refractivity contribution >= 4 is 5.91 Å². The normalized spacial score (nSPS) is 13.8. The predicted molar refractivity (Wildman–Crippen MR) is 82.4 cm³/mol. The van der Waals surface area contributed by atoms with Crippen LogP contribution in [0.2, 0.25) is 0 Å². The first-order valence-corrected chi connectivity index (χ1v) is 7.64. The van der Waals surface area contributed by atoms with Gasteiger partial charge < -0.3 is 9.64 Å². The number of ether oxygens (including phenoxy) is 1. The Morgan fingerprint density at radius 1 is 1.12 bits per heavy atom. The van der Waals surface area contributed by atoms with Gasteiger partial charge in [-0.25, -0.2) is 4.39 Å². The largest absolute Gasteiger partial charge is 0.434 e. The van der Waals surface area contributed by atoms with Gasteiger partial charge in [-0.3, -0.25) is 4.79 Å². The minimum Gasteiger partial charge on any atom is -0.434 e. The lowest BCUT2D eigenvalue weighted by Gasteiger charge is -2.24. The number of rotatable bonds is 6. The maximum absolute atomic E-state index is 13.9. The van der Waals surface area contributed by atoms with Crippen LogP contribution in [-0.4, -0.2) is 23.5 Å². The quantitative estimate of drug-likeness (QED) is 0.790. The van der Waals surface area contributed by atoms with E-state index in [1.807, 2.05) is 0 Å². The number of hydrogen-bond donors (Lipinski definition) is 0. The first kappa shape index (κ1) is 16.4. The number of para-hydroxylation sites is 1. The van der Waals surface area contributed by atoms with E-state index >= 15 is 0 Å². The molecule has 0 atom stereocenters. The van der Waals surface area contributed by atoms with Crippen LogP contribution in [0.4, 0.5) is 13.2 Å². The Morgan fingerprint density at radius 2 is 1.79 bits per heavy atom. The van der Waals surface area contributed by atoms with Gasteiger partial charge in [-0.15, -0.1) is 0 Å². The highest BCUT2D eigenvalue weighted by molar-refractivity contribution is 5.97. The molecule has 6 heteroatoms. The minimum absolute atomic E-state index is 0.00304. The van der Waals surface area contributed by atoms with Crippen LogP contribution in [0, 0.1) is 5.82 Å². The molecule has 0 heterocycles. The molecule has 0 aliphatic heterocycles. The van der Waals surface area contributed by atoms with E-state index in [1.165, 1.54) is 29.2 Å². The molecule has 24 heavy (non-hydrogen) atoms. The molecule has 0 bridgehead atoms. The van der Waals surface area contributed by atoms with E-state index in [0.29, 0.717) is 5.56 Å². The summed E-state index contributed by atoms with van der Waals surface area (Å²) >= 11 is 0. The van der Waals surface area contributed by atoms with Crippen LogP contribution in [0.3, 0.4) is 0 Å². The van der Waals surface area contributed by atoms with Gasteiger partial charge in [0.15, 0.2) is 0 Å². The standard InChI is InChI=1S/C18H16F3NO2/c19-15-7-3-1-5-12(15)11-22(13-9-10-13)17(23)14-6-2-4-8-16(14)24-18(20)21/h1-8,13,18H,9-11H2. The van der Waals surface area contributed by atoms with Crippen molar-refractivity contribution in [3.63, 3.8) is 0 Å². The molecule has 0 N–H and O–H groups in total. The number of carbonyl (C=O) groups is 1. The van der Waals surface area contributed by atoms with E-state index in [1.54, 1.807) is 24.3 Å². The lowest BCUT2D eigenvalue weighted by Crippen LogP contribution is -2.33. The van der Waals surface area contributed by atoms with Crippen LogP contribution in [0.15, 0.2) is 48.5 Å². The fourth-order valence-corrected chi connectivity index (χ4v) is 2.56. The van der Waals surface area contributed by atoms with Gasteiger partial charge in [-0.1, -0.05) is 30.3 Å². The lowest BCUT2D eigenvalue weighted by molar-refractivity contribution is -0.0503. The van der Waals surface area contributed by atoms with E-state index in [2.05, 4.69) is 4.74 Å². The van der Waals surface area contributed by atoms with Gasteiger partial charge in [0.2, 0.25) is 0 Å². The van der Waals surface area contributed by atoms with Crippen molar-refractivity contribution in [1.82, 2.24) is 4.90 Å². The number of amides is 1. The highest BCUT2D eigenvalue weighted by atomic mass is 19.3. The summed E-state index contributed by atoms with van der Waals surface area (Å²) in [4.78, 5) is 14.3. The molecular formula is C18H16F3NO2. The first-order chi connectivity index (χ1) is 11.6. The van der Waals surface area contributed by atoms with Crippen LogP contribution in [0.1, 0.15) is 28.8 Å². The molecule has 1 amide bonds. The lowest BCUT2D eigenvalue weighted by atomic mass is 10.1. The Balaban J connectivity index is 1.87. The van der Waals surface area contributed by atoms with Crippen LogP contribution < -0.4 is 4.74 Å². The number of benzene rings is 2. The summed E-state index contributed by atoms with van der Waals surface area (Å²) in [5.41, 5.74) is 0.450. The fourth-order valence-electron chi connectivity index (χ4n) is 2.56. The second kappa shape index (κ2) is 6.95. The Hall–Kier alpha value is -2.50. The highest BCUT2D eigenvalue weighted by Crippen LogP contribution is 2.32. The third-order valence-electron chi connectivity index (χ3n) is 3.88. The minimum atomic E-state index is -3.01. The smallest absolute Gasteiger partial charge is 0.387 e. The Kier molecular flexibility index (Phi) is 4.74. The van der Waals surface area contributed by atoms with Crippen LogP contribution in [0.5, 0.6) is 5.75 Å². The number of hydrogen-bond acceptors (Lipinski definition) is 2. The monoisotopic (exact) mass is 335 g/mol. The average Bonchev–Trinajstić information content (AvgIpc) is 3.38. The van der Waals surface area contributed by atoms with E-state index in [-0.39, 0.29) is 23.9 Å². The van der Waals surface area contributed by atoms with E-state index in [0.717, 1.165) is 12.8 Å². The van der Waals surface area contributed by atoms with Gasteiger partial charge in [-0.05, 0) is 31.0 Å². The molecular weight excluding hydrogens is 319 g/mol. The SMILES string of the molecule is O=C(c1ccccc1OC(F)F)N(Cc1ccccc1F)C1CC1. The summed E-state index contributed by atoms with van der Waals surface area (Å²) < 4.78 is 43.4. The van der Waals surface area contributed by atoms with Crippen molar-refractivity contribution in [2.24, 2.45) is 0 Å². The third-order valence-corrected chi connectivity index (χ3v) is 3.88. The Morgan fingerprint density at radius 3 is 2.46 bits per heavy atom. The molecule has 1 fully saturated rings. The van der Waals surface area contributed by atoms with Crippen molar-refractivity contribution in [2.45, 2.75) is 32.0 Å². The van der Waals surface area contributed by atoms with Gasteiger partial charge >= 0.3 is 6.61 Å². The summed E-state index contributed by atoms with van der Waals surface area (Å²) in [6.45, 7) is -2.92. The number of halogens is 3. The molecule has 1 aliphatic carbocycles. The van der Waals surface area contributed by atoms with Crippen molar-refractivity contribution in [2.75, 3.05) is 0 Å². The zero-order valence-electron chi connectivity index (χ0n) is 12.8. The molecule has 0 aromatic heterocycles. The van der Waals surface area contributed by atoms with Crippen LogP contribution >= 0.6 is 0 Å². The number of carbonyl (C=O) groups excluding carboxylic acids is 1. The number of alkyl halides is 2. The zero-order chi connectivity index (χ0) is 17.1. The molecule has 126 valence electrons. The maximum Gasteiger partial charge on any atom is 0.387 e. The summed E-state index contributed by atoms with van der Waals surface area (Å²) in [6, 6.07) is 12.1. The van der Waals surface area contributed by atoms with Gasteiger partial charge in [0.05, 0.1) is 5.56 Å². The van der Waals surface area contributed by atoms with Gasteiger partial charge in [0.1, 0.15) is 11.6 Å². The molecule has 2 aromatic carbocycles. The molecule has 0 saturated heterocycles. The summed E-state index contributed by atoms with van der Waals surface area (Å²) in [6.07, 6.45) is 1.64. The molecule has 2 aromatic rings. The van der Waals surface area contributed by atoms with Crippen molar-refractivity contribution in [1.29, 1.82) is 0 Å². The third kappa shape index (κ3) is 3.69. The second-order valence-electron chi connectivity index (χ2n) is 5.63. The zero-order valence-corrected chi connectivity index (χ0v) is 12.8. The highest BCUT2D eigenvalue weighted by Gasteiger charge is 2.34. The van der Waals surface area contributed by atoms with Crippen LogP contribution in [0.25, 0.3) is 0 Å². The predicted octanol–water partition coefficient (Wildman–Crippen LogP) is 4.23. The molecule has 3 rings (SSSR count). The van der Waals surface area contributed by atoms with E-state index in [9.17, 15) is 18.0 Å². The molecule has 0 radical (unpaired) electrons. The van der Waals surface area contributed by atoms with Crippen molar-refractivity contribution in [3.8, 4) is 5.75 Å². The van der Waals surface area contributed by atoms with E-state index < -0.39 is 18.3 Å².